The van der Waals surface area contributed by atoms with Gasteiger partial charge in [0.05, 0.1) is 18.1 Å². The molecule has 0 bridgehead atoms. The third kappa shape index (κ3) is 3.51. The zero-order chi connectivity index (χ0) is 14.7. The molecule has 0 radical (unpaired) electrons. The monoisotopic (exact) mass is 291 g/mol. The van der Waals surface area contributed by atoms with E-state index < -0.39 is 0 Å². The molecule has 2 aliphatic rings. The fourth-order valence-electron chi connectivity index (χ4n) is 3.05. The molecule has 0 aliphatic carbocycles. The van der Waals surface area contributed by atoms with Crippen LogP contribution in [0.5, 0.6) is 0 Å². The van der Waals surface area contributed by atoms with Gasteiger partial charge >= 0.3 is 0 Å². The molecule has 1 aromatic carbocycles. The Morgan fingerprint density at radius 3 is 2.95 bits per heavy atom. The van der Waals surface area contributed by atoms with Crippen molar-refractivity contribution in [2.75, 3.05) is 44.7 Å². The molecule has 1 unspecified atom stereocenters. The zero-order valence-corrected chi connectivity index (χ0v) is 12.1. The highest BCUT2D eigenvalue weighted by Gasteiger charge is 2.21. The van der Waals surface area contributed by atoms with E-state index in [0.29, 0.717) is 5.92 Å². The number of nitrogens with zero attached hydrogens (tertiary/aromatic N) is 2. The minimum Gasteiger partial charge on any atom is -0.384 e. The molecule has 1 atom stereocenters. The Labute approximate surface area is 124 Å². The minimum absolute atomic E-state index is 0.160. The van der Waals surface area contributed by atoms with Crippen molar-refractivity contribution in [3.63, 3.8) is 0 Å². The molecule has 21 heavy (non-hydrogen) atoms. The SMILES string of the molecule is O=[N+]([O-])c1ccc2c(c1)NCC(CCN1CCOCC1)C2. The summed E-state index contributed by atoms with van der Waals surface area (Å²) in [5.74, 6) is 0.599. The second-order valence-electron chi connectivity index (χ2n) is 5.79. The van der Waals surface area contributed by atoms with Gasteiger partial charge in [0.2, 0.25) is 0 Å². The van der Waals surface area contributed by atoms with Gasteiger partial charge in [0.25, 0.3) is 5.69 Å². The quantitative estimate of drug-likeness (QED) is 0.678. The van der Waals surface area contributed by atoms with Gasteiger partial charge in [-0.15, -0.1) is 0 Å². The summed E-state index contributed by atoms with van der Waals surface area (Å²) < 4.78 is 5.36. The lowest BCUT2D eigenvalue weighted by molar-refractivity contribution is -0.384. The Morgan fingerprint density at radius 1 is 1.38 bits per heavy atom. The molecule has 0 amide bonds. The highest BCUT2D eigenvalue weighted by molar-refractivity contribution is 5.58. The number of fused-ring (bicyclic) bond motifs is 1. The number of ether oxygens (including phenoxy) is 1. The van der Waals surface area contributed by atoms with E-state index in [2.05, 4.69) is 10.2 Å². The van der Waals surface area contributed by atoms with Gasteiger partial charge in [-0.05, 0) is 30.9 Å². The van der Waals surface area contributed by atoms with Crippen molar-refractivity contribution in [3.05, 3.63) is 33.9 Å². The van der Waals surface area contributed by atoms with E-state index >= 15 is 0 Å². The van der Waals surface area contributed by atoms with Crippen molar-refractivity contribution in [1.29, 1.82) is 0 Å². The van der Waals surface area contributed by atoms with Crippen molar-refractivity contribution in [3.8, 4) is 0 Å². The molecule has 0 spiro atoms. The van der Waals surface area contributed by atoms with E-state index in [4.69, 9.17) is 4.74 Å². The van der Waals surface area contributed by atoms with Crippen molar-refractivity contribution >= 4 is 11.4 Å². The average molecular weight is 291 g/mol. The predicted molar refractivity (Wildman–Crippen MR) is 80.7 cm³/mol. The lowest BCUT2D eigenvalue weighted by Gasteiger charge is -2.30. The maximum absolute atomic E-state index is 10.8. The van der Waals surface area contributed by atoms with Crippen LogP contribution in [0.2, 0.25) is 0 Å². The molecule has 2 aliphatic heterocycles. The summed E-state index contributed by atoms with van der Waals surface area (Å²) in [6, 6.07) is 5.14. The van der Waals surface area contributed by atoms with Crippen LogP contribution in [0, 0.1) is 16.0 Å². The molecule has 3 rings (SSSR count). The van der Waals surface area contributed by atoms with E-state index in [0.717, 1.165) is 57.9 Å². The molecular weight excluding hydrogens is 270 g/mol. The number of morpholine rings is 1. The first-order chi connectivity index (χ1) is 10.2. The summed E-state index contributed by atoms with van der Waals surface area (Å²) in [5.41, 5.74) is 2.28. The van der Waals surface area contributed by atoms with Crippen molar-refractivity contribution in [2.24, 2.45) is 5.92 Å². The topological polar surface area (TPSA) is 67.6 Å². The van der Waals surface area contributed by atoms with E-state index in [1.54, 1.807) is 12.1 Å². The normalized spacial score (nSPS) is 22.4. The van der Waals surface area contributed by atoms with E-state index in [1.165, 1.54) is 5.56 Å². The number of anilines is 1. The van der Waals surface area contributed by atoms with Crippen LogP contribution in [-0.2, 0) is 11.2 Å². The second kappa shape index (κ2) is 6.41. The van der Waals surface area contributed by atoms with Crippen LogP contribution >= 0.6 is 0 Å². The molecular formula is C15H21N3O3. The zero-order valence-electron chi connectivity index (χ0n) is 12.1. The lowest BCUT2D eigenvalue weighted by atomic mass is 9.91. The van der Waals surface area contributed by atoms with Gasteiger partial charge in [0.1, 0.15) is 0 Å². The summed E-state index contributed by atoms with van der Waals surface area (Å²) in [7, 11) is 0. The van der Waals surface area contributed by atoms with Gasteiger partial charge in [-0.2, -0.15) is 0 Å². The first-order valence-electron chi connectivity index (χ1n) is 7.53. The highest BCUT2D eigenvalue weighted by atomic mass is 16.6. The Kier molecular flexibility index (Phi) is 4.36. The molecule has 114 valence electrons. The van der Waals surface area contributed by atoms with E-state index in [1.807, 2.05) is 6.07 Å². The third-order valence-corrected chi connectivity index (χ3v) is 4.35. The summed E-state index contributed by atoms with van der Waals surface area (Å²) in [6.45, 7) is 5.76. The van der Waals surface area contributed by atoms with Gasteiger partial charge < -0.3 is 10.1 Å². The fourth-order valence-corrected chi connectivity index (χ4v) is 3.05. The number of non-ortho nitro benzene ring substituents is 1. The molecule has 2 heterocycles. The first kappa shape index (κ1) is 14.3. The van der Waals surface area contributed by atoms with Gasteiger partial charge in [0, 0.05) is 37.5 Å². The average Bonchev–Trinajstić information content (AvgIpc) is 2.53. The van der Waals surface area contributed by atoms with Crippen LogP contribution in [0.1, 0.15) is 12.0 Å². The molecule has 1 saturated heterocycles. The van der Waals surface area contributed by atoms with E-state index in [-0.39, 0.29) is 10.6 Å². The molecule has 0 aromatic heterocycles. The summed E-state index contributed by atoms with van der Waals surface area (Å²) in [4.78, 5) is 12.9. The fraction of sp³-hybridized carbons (Fsp3) is 0.600. The van der Waals surface area contributed by atoms with E-state index in [9.17, 15) is 10.1 Å². The summed E-state index contributed by atoms with van der Waals surface area (Å²) in [5, 5.41) is 14.1. The Morgan fingerprint density at radius 2 is 2.19 bits per heavy atom. The smallest absolute Gasteiger partial charge is 0.271 e. The Bertz CT molecular complexity index is 515. The van der Waals surface area contributed by atoms with Crippen LogP contribution in [0.3, 0.4) is 0 Å². The summed E-state index contributed by atoms with van der Waals surface area (Å²) >= 11 is 0. The molecule has 0 saturated carbocycles. The largest absolute Gasteiger partial charge is 0.384 e. The van der Waals surface area contributed by atoms with Gasteiger partial charge in [0.15, 0.2) is 0 Å². The first-order valence-corrected chi connectivity index (χ1v) is 7.53. The number of benzene rings is 1. The maximum atomic E-state index is 10.8. The standard InChI is InChI=1S/C15H21N3O3/c19-18(20)14-2-1-13-9-12(11-16-15(13)10-14)3-4-17-5-7-21-8-6-17/h1-2,10,12,16H,3-9,11H2. The van der Waals surface area contributed by atoms with Crippen LogP contribution in [0.25, 0.3) is 0 Å². The molecule has 1 aromatic rings. The number of rotatable bonds is 4. The highest BCUT2D eigenvalue weighted by Crippen LogP contribution is 2.29. The van der Waals surface area contributed by atoms with Gasteiger partial charge in [-0.1, -0.05) is 6.07 Å². The third-order valence-electron chi connectivity index (χ3n) is 4.35. The predicted octanol–water partition coefficient (Wildman–Crippen LogP) is 1.90. The number of nitro groups is 1. The molecule has 1 fully saturated rings. The van der Waals surface area contributed by atoms with Crippen molar-refractivity contribution in [1.82, 2.24) is 4.90 Å². The van der Waals surface area contributed by atoms with Crippen LogP contribution < -0.4 is 5.32 Å². The number of hydrogen-bond donors (Lipinski definition) is 1. The minimum atomic E-state index is -0.341. The maximum Gasteiger partial charge on any atom is 0.271 e. The van der Waals surface area contributed by atoms with Crippen LogP contribution in [0.4, 0.5) is 11.4 Å². The van der Waals surface area contributed by atoms with Crippen LogP contribution in [-0.4, -0.2) is 49.2 Å². The Balaban J connectivity index is 1.55. The molecule has 6 heteroatoms. The molecule has 1 N–H and O–H groups in total. The van der Waals surface area contributed by atoms with Crippen molar-refractivity contribution in [2.45, 2.75) is 12.8 Å². The number of nitro benzene ring substituents is 1. The Hall–Kier alpha value is -1.66. The number of hydrogen-bond acceptors (Lipinski definition) is 5. The number of nitrogens with one attached hydrogen (secondary N) is 1. The lowest BCUT2D eigenvalue weighted by Crippen LogP contribution is -2.38. The van der Waals surface area contributed by atoms with Crippen molar-refractivity contribution < 1.29 is 9.66 Å². The second-order valence-corrected chi connectivity index (χ2v) is 5.79. The van der Waals surface area contributed by atoms with Crippen LogP contribution in [0.15, 0.2) is 18.2 Å². The van der Waals surface area contributed by atoms with Gasteiger partial charge in [-0.3, -0.25) is 15.0 Å². The molecule has 6 nitrogen and oxygen atoms in total. The summed E-state index contributed by atoms with van der Waals surface area (Å²) in [6.07, 6.45) is 2.16. The van der Waals surface area contributed by atoms with Gasteiger partial charge in [-0.25, -0.2) is 0 Å².